The van der Waals surface area contributed by atoms with Crippen molar-refractivity contribution in [2.24, 2.45) is 4.99 Å². The van der Waals surface area contributed by atoms with Crippen molar-refractivity contribution in [1.82, 2.24) is 15.5 Å². The van der Waals surface area contributed by atoms with Crippen molar-refractivity contribution in [3.8, 4) is 0 Å². The molecule has 0 aliphatic carbocycles. The number of guanidine groups is 1. The van der Waals surface area contributed by atoms with E-state index in [9.17, 15) is 0 Å². The Bertz CT molecular complexity index is 501. The van der Waals surface area contributed by atoms with Crippen LogP contribution in [0, 0.1) is 6.92 Å². The highest BCUT2D eigenvalue weighted by atomic mass is 35.5. The van der Waals surface area contributed by atoms with Gasteiger partial charge in [0.25, 0.3) is 0 Å². The van der Waals surface area contributed by atoms with Gasteiger partial charge in [0, 0.05) is 44.8 Å². The fourth-order valence-corrected chi connectivity index (χ4v) is 2.58. The van der Waals surface area contributed by atoms with Gasteiger partial charge in [0.2, 0.25) is 0 Å². The molecule has 2 N–H and O–H groups in total. The van der Waals surface area contributed by atoms with E-state index in [4.69, 9.17) is 16.3 Å². The second-order valence-electron chi connectivity index (χ2n) is 5.38. The monoisotopic (exact) mass is 324 g/mol. The Balaban J connectivity index is 1.74. The minimum absolute atomic E-state index is 0.712. The van der Waals surface area contributed by atoms with Crippen molar-refractivity contribution in [1.29, 1.82) is 0 Å². The molecule has 1 aliphatic heterocycles. The first kappa shape index (κ1) is 17.1. The summed E-state index contributed by atoms with van der Waals surface area (Å²) in [5, 5.41) is 7.43. The lowest BCUT2D eigenvalue weighted by molar-refractivity contribution is 0.0389. The zero-order valence-corrected chi connectivity index (χ0v) is 14.1. The third kappa shape index (κ3) is 5.48. The maximum absolute atomic E-state index is 6.05. The van der Waals surface area contributed by atoms with E-state index in [-0.39, 0.29) is 0 Å². The fraction of sp³-hybridized carbons (Fsp3) is 0.562. The predicted octanol–water partition coefficient (Wildman–Crippen LogP) is 1.65. The summed E-state index contributed by atoms with van der Waals surface area (Å²) in [6.45, 7) is 8.35. The number of nitrogens with one attached hydrogen (secondary N) is 2. The Morgan fingerprint density at radius 2 is 2.09 bits per heavy atom. The first-order valence-corrected chi connectivity index (χ1v) is 8.06. The van der Waals surface area contributed by atoms with Crippen LogP contribution in [0.25, 0.3) is 0 Å². The fourth-order valence-electron chi connectivity index (χ4n) is 2.39. The zero-order chi connectivity index (χ0) is 15.8. The Kier molecular flexibility index (Phi) is 6.96. The van der Waals surface area contributed by atoms with E-state index in [1.54, 1.807) is 7.05 Å². The van der Waals surface area contributed by atoms with Crippen LogP contribution in [0.15, 0.2) is 23.2 Å². The molecule has 0 atom stereocenters. The van der Waals surface area contributed by atoms with E-state index in [0.29, 0.717) is 6.54 Å². The van der Waals surface area contributed by atoms with Crippen LogP contribution in [0.5, 0.6) is 0 Å². The average Bonchev–Trinajstić information content (AvgIpc) is 2.54. The van der Waals surface area contributed by atoms with E-state index < -0.39 is 0 Å². The standard InChI is InChI=1S/C16H25ClN4O/c1-13-3-4-15(17)11-14(13)12-20-16(18-2)19-5-6-21-7-9-22-10-8-21/h3-4,11H,5-10,12H2,1-2H3,(H2,18,19,20). The quantitative estimate of drug-likeness (QED) is 0.638. The lowest BCUT2D eigenvalue weighted by Crippen LogP contribution is -2.44. The van der Waals surface area contributed by atoms with E-state index in [1.165, 1.54) is 11.1 Å². The number of aryl methyl sites for hydroxylation is 1. The number of morpholine rings is 1. The van der Waals surface area contributed by atoms with Crippen molar-refractivity contribution < 1.29 is 4.74 Å². The van der Waals surface area contributed by atoms with Gasteiger partial charge in [0.1, 0.15) is 0 Å². The van der Waals surface area contributed by atoms with E-state index in [0.717, 1.165) is 50.4 Å². The van der Waals surface area contributed by atoms with Gasteiger partial charge in [0.05, 0.1) is 13.2 Å². The van der Waals surface area contributed by atoms with Crippen LogP contribution in [-0.2, 0) is 11.3 Å². The number of hydrogen-bond donors (Lipinski definition) is 2. The summed E-state index contributed by atoms with van der Waals surface area (Å²) >= 11 is 6.05. The number of aliphatic imine (C=N–C) groups is 1. The third-order valence-electron chi connectivity index (χ3n) is 3.81. The highest BCUT2D eigenvalue weighted by molar-refractivity contribution is 6.30. The third-order valence-corrected chi connectivity index (χ3v) is 4.04. The summed E-state index contributed by atoms with van der Waals surface area (Å²) in [4.78, 5) is 6.65. The van der Waals surface area contributed by atoms with Crippen LogP contribution in [0.4, 0.5) is 0 Å². The summed E-state index contributed by atoms with van der Waals surface area (Å²) in [6.07, 6.45) is 0. The summed E-state index contributed by atoms with van der Waals surface area (Å²) < 4.78 is 5.35. The van der Waals surface area contributed by atoms with Crippen molar-refractivity contribution in [2.45, 2.75) is 13.5 Å². The van der Waals surface area contributed by atoms with Gasteiger partial charge < -0.3 is 15.4 Å². The Labute approximate surface area is 137 Å². The average molecular weight is 325 g/mol. The van der Waals surface area contributed by atoms with Crippen molar-refractivity contribution >= 4 is 17.6 Å². The summed E-state index contributed by atoms with van der Waals surface area (Å²) in [7, 11) is 1.79. The molecule has 1 aromatic carbocycles. The number of hydrogen-bond acceptors (Lipinski definition) is 3. The molecule has 6 heteroatoms. The van der Waals surface area contributed by atoms with Gasteiger partial charge >= 0.3 is 0 Å². The van der Waals surface area contributed by atoms with Gasteiger partial charge in [0.15, 0.2) is 5.96 Å². The number of ether oxygens (including phenoxy) is 1. The SMILES string of the molecule is CN=C(NCCN1CCOCC1)NCc1cc(Cl)ccc1C. The largest absolute Gasteiger partial charge is 0.379 e. The van der Waals surface area contributed by atoms with Crippen molar-refractivity contribution in [3.63, 3.8) is 0 Å². The molecule has 1 aromatic rings. The van der Waals surface area contributed by atoms with Crippen LogP contribution in [0.2, 0.25) is 5.02 Å². The number of rotatable bonds is 5. The first-order chi connectivity index (χ1) is 10.7. The van der Waals surface area contributed by atoms with Crippen LogP contribution < -0.4 is 10.6 Å². The second-order valence-corrected chi connectivity index (χ2v) is 5.81. The molecule has 1 aliphatic rings. The second kappa shape index (κ2) is 8.98. The molecule has 22 heavy (non-hydrogen) atoms. The zero-order valence-electron chi connectivity index (χ0n) is 13.4. The Hall–Kier alpha value is -1.30. The molecule has 122 valence electrons. The molecule has 2 rings (SSSR count). The van der Waals surface area contributed by atoms with E-state index in [2.05, 4.69) is 27.4 Å². The van der Waals surface area contributed by atoms with Gasteiger partial charge in [-0.05, 0) is 30.2 Å². The molecule has 5 nitrogen and oxygen atoms in total. The Morgan fingerprint density at radius 3 is 2.82 bits per heavy atom. The predicted molar refractivity (Wildman–Crippen MR) is 91.6 cm³/mol. The molecule has 1 saturated heterocycles. The van der Waals surface area contributed by atoms with Crippen molar-refractivity contribution in [2.75, 3.05) is 46.4 Å². The maximum atomic E-state index is 6.05. The lowest BCUT2D eigenvalue weighted by atomic mass is 10.1. The molecule has 0 saturated carbocycles. The normalized spacial score (nSPS) is 16.6. The topological polar surface area (TPSA) is 48.9 Å². The number of nitrogens with zero attached hydrogens (tertiary/aromatic N) is 2. The van der Waals surface area contributed by atoms with Gasteiger partial charge in [-0.25, -0.2) is 0 Å². The first-order valence-electron chi connectivity index (χ1n) is 7.68. The maximum Gasteiger partial charge on any atom is 0.191 e. The number of halogens is 1. The number of benzene rings is 1. The highest BCUT2D eigenvalue weighted by Gasteiger charge is 2.09. The highest BCUT2D eigenvalue weighted by Crippen LogP contribution is 2.14. The summed E-state index contributed by atoms with van der Waals surface area (Å²) in [5.74, 6) is 0.813. The Morgan fingerprint density at radius 1 is 1.32 bits per heavy atom. The molecule has 0 bridgehead atoms. The van der Waals surface area contributed by atoms with Gasteiger partial charge in [-0.15, -0.1) is 0 Å². The molecule has 0 aromatic heterocycles. The van der Waals surface area contributed by atoms with Crippen LogP contribution in [0.3, 0.4) is 0 Å². The van der Waals surface area contributed by atoms with E-state index in [1.807, 2.05) is 18.2 Å². The molecule has 0 amide bonds. The van der Waals surface area contributed by atoms with E-state index >= 15 is 0 Å². The molecule has 0 unspecified atom stereocenters. The van der Waals surface area contributed by atoms with Crippen LogP contribution >= 0.6 is 11.6 Å². The molecule has 0 radical (unpaired) electrons. The molecule has 0 spiro atoms. The van der Waals surface area contributed by atoms with Gasteiger partial charge in [-0.3, -0.25) is 9.89 Å². The summed E-state index contributed by atoms with van der Waals surface area (Å²) in [5.41, 5.74) is 2.41. The minimum Gasteiger partial charge on any atom is -0.379 e. The molecular formula is C16H25ClN4O. The molecule has 1 heterocycles. The minimum atomic E-state index is 0.712. The molecule has 1 fully saturated rings. The smallest absolute Gasteiger partial charge is 0.191 e. The van der Waals surface area contributed by atoms with Gasteiger partial charge in [-0.1, -0.05) is 17.7 Å². The lowest BCUT2D eigenvalue weighted by Gasteiger charge is -2.26. The van der Waals surface area contributed by atoms with Gasteiger partial charge in [-0.2, -0.15) is 0 Å². The van der Waals surface area contributed by atoms with Crippen LogP contribution in [-0.4, -0.2) is 57.3 Å². The summed E-state index contributed by atoms with van der Waals surface area (Å²) in [6, 6.07) is 5.94. The van der Waals surface area contributed by atoms with Crippen LogP contribution in [0.1, 0.15) is 11.1 Å². The molecular weight excluding hydrogens is 300 g/mol. The van der Waals surface area contributed by atoms with Crippen molar-refractivity contribution in [3.05, 3.63) is 34.3 Å².